The zero-order chi connectivity index (χ0) is 18.1. The molecule has 1 aliphatic heterocycles. The molecule has 1 aliphatic rings. The molecule has 1 heterocycles. The molecule has 24 heavy (non-hydrogen) atoms. The number of hydrogen-bond donors (Lipinski definition) is 1. The molecule has 7 nitrogen and oxygen atoms in total. The van der Waals surface area contributed by atoms with Crippen LogP contribution in [-0.4, -0.2) is 104 Å². The Bertz CT molecular complexity index is 440. The van der Waals surface area contributed by atoms with Crippen LogP contribution < -0.4 is 5.32 Å². The Kier molecular flexibility index (Phi) is 9.38. The van der Waals surface area contributed by atoms with Gasteiger partial charge in [0.15, 0.2) is 5.11 Å². The van der Waals surface area contributed by atoms with E-state index >= 15 is 0 Å². The first-order chi connectivity index (χ1) is 11.4. The molecule has 1 fully saturated rings. The molecule has 0 unspecified atom stereocenters. The van der Waals surface area contributed by atoms with Crippen LogP contribution in [0.3, 0.4) is 0 Å². The van der Waals surface area contributed by atoms with Gasteiger partial charge in [0.2, 0.25) is 5.91 Å². The molecule has 0 aromatic rings. The molecule has 0 spiro atoms. The van der Waals surface area contributed by atoms with E-state index in [0.717, 1.165) is 31.9 Å². The van der Waals surface area contributed by atoms with Crippen LogP contribution in [0.2, 0.25) is 0 Å². The minimum atomic E-state index is -0.414. The lowest BCUT2D eigenvalue weighted by molar-refractivity contribution is -0.142. The molecule has 0 radical (unpaired) electrons. The van der Waals surface area contributed by atoms with Gasteiger partial charge >= 0.3 is 5.97 Å². The van der Waals surface area contributed by atoms with Crippen molar-refractivity contribution in [3.8, 4) is 0 Å². The van der Waals surface area contributed by atoms with Crippen molar-refractivity contribution < 1.29 is 14.3 Å². The third-order valence-electron chi connectivity index (χ3n) is 3.91. The Balaban J connectivity index is 2.46. The third-order valence-corrected chi connectivity index (χ3v) is 4.93. The molecular formula is C15H28N4O3S2. The maximum absolute atomic E-state index is 11.9. The van der Waals surface area contributed by atoms with Crippen LogP contribution in [0.15, 0.2) is 0 Å². The molecule has 1 N–H and O–H groups in total. The van der Waals surface area contributed by atoms with E-state index in [-0.39, 0.29) is 11.9 Å². The summed E-state index contributed by atoms with van der Waals surface area (Å²) >= 11 is 7.12. The van der Waals surface area contributed by atoms with Crippen LogP contribution in [0.25, 0.3) is 0 Å². The number of rotatable bonds is 7. The summed E-state index contributed by atoms with van der Waals surface area (Å²) in [6.07, 6.45) is 2.67. The number of methoxy groups -OCH3 is 1. The molecule has 1 amide bonds. The SMILES string of the molecule is COC(=O)[C@H](CCSC)NC(=S)N1CCN(CC(=O)N(C)C)CC1. The number of piperazine rings is 1. The summed E-state index contributed by atoms with van der Waals surface area (Å²) in [6, 6.07) is -0.414. The lowest BCUT2D eigenvalue weighted by Gasteiger charge is -2.36. The molecule has 138 valence electrons. The molecule has 1 saturated heterocycles. The van der Waals surface area contributed by atoms with E-state index in [1.54, 1.807) is 30.8 Å². The maximum Gasteiger partial charge on any atom is 0.328 e. The lowest BCUT2D eigenvalue weighted by Crippen LogP contribution is -2.55. The predicted molar refractivity (Wildman–Crippen MR) is 101 cm³/mol. The van der Waals surface area contributed by atoms with Gasteiger partial charge in [-0.3, -0.25) is 9.69 Å². The maximum atomic E-state index is 11.9. The monoisotopic (exact) mass is 376 g/mol. The summed E-state index contributed by atoms with van der Waals surface area (Å²) < 4.78 is 4.84. The molecular weight excluding hydrogens is 348 g/mol. The number of nitrogens with one attached hydrogen (secondary N) is 1. The van der Waals surface area contributed by atoms with Crippen molar-refractivity contribution in [2.75, 3.05) is 65.9 Å². The first kappa shape index (κ1) is 21.0. The minimum absolute atomic E-state index is 0.104. The highest BCUT2D eigenvalue weighted by atomic mass is 32.2. The van der Waals surface area contributed by atoms with Gasteiger partial charge in [0.05, 0.1) is 13.7 Å². The Morgan fingerprint density at radius 1 is 1.29 bits per heavy atom. The Morgan fingerprint density at radius 2 is 1.92 bits per heavy atom. The average molecular weight is 377 g/mol. The van der Waals surface area contributed by atoms with Crippen molar-refractivity contribution in [2.24, 2.45) is 0 Å². The highest BCUT2D eigenvalue weighted by Gasteiger charge is 2.25. The quantitative estimate of drug-likeness (QED) is 0.487. The summed E-state index contributed by atoms with van der Waals surface area (Å²) in [7, 11) is 4.91. The third kappa shape index (κ3) is 6.82. The lowest BCUT2D eigenvalue weighted by atomic mass is 10.2. The fourth-order valence-electron chi connectivity index (χ4n) is 2.31. The smallest absolute Gasteiger partial charge is 0.328 e. The van der Waals surface area contributed by atoms with Gasteiger partial charge in [0.25, 0.3) is 0 Å². The number of carbonyl (C=O) groups excluding carboxylic acids is 2. The number of ether oxygens (including phenoxy) is 1. The fraction of sp³-hybridized carbons (Fsp3) is 0.800. The van der Waals surface area contributed by atoms with E-state index in [9.17, 15) is 9.59 Å². The second-order valence-corrected chi connectivity index (χ2v) is 7.23. The van der Waals surface area contributed by atoms with Crippen LogP contribution in [0.1, 0.15) is 6.42 Å². The molecule has 0 aromatic carbocycles. The molecule has 0 bridgehead atoms. The number of hydrogen-bond acceptors (Lipinski definition) is 6. The van der Waals surface area contributed by atoms with E-state index in [1.807, 2.05) is 11.2 Å². The van der Waals surface area contributed by atoms with E-state index in [4.69, 9.17) is 17.0 Å². The number of carbonyl (C=O) groups is 2. The normalized spacial score (nSPS) is 16.4. The number of likely N-dealkylation sites (N-methyl/N-ethyl adjacent to an activating group) is 1. The number of thiocarbonyl (C=S) groups is 1. The number of esters is 1. The number of amides is 1. The zero-order valence-corrected chi connectivity index (χ0v) is 16.5. The second kappa shape index (κ2) is 10.7. The summed E-state index contributed by atoms with van der Waals surface area (Å²) in [5.41, 5.74) is 0. The van der Waals surface area contributed by atoms with Crippen LogP contribution in [0.4, 0.5) is 0 Å². The summed E-state index contributed by atoms with van der Waals surface area (Å²) in [6.45, 7) is 3.45. The highest BCUT2D eigenvalue weighted by Crippen LogP contribution is 2.06. The first-order valence-electron chi connectivity index (χ1n) is 7.93. The molecule has 0 saturated carbocycles. The molecule has 1 atom stereocenters. The van der Waals surface area contributed by atoms with Crippen LogP contribution in [-0.2, 0) is 14.3 Å². The van der Waals surface area contributed by atoms with Gasteiger partial charge in [-0.05, 0) is 30.6 Å². The van der Waals surface area contributed by atoms with Gasteiger partial charge in [-0.2, -0.15) is 11.8 Å². The van der Waals surface area contributed by atoms with Gasteiger partial charge < -0.3 is 19.9 Å². The van der Waals surface area contributed by atoms with Crippen molar-refractivity contribution in [3.63, 3.8) is 0 Å². The van der Waals surface area contributed by atoms with E-state index in [0.29, 0.717) is 18.1 Å². The van der Waals surface area contributed by atoms with Crippen LogP contribution >= 0.6 is 24.0 Å². The molecule has 9 heteroatoms. The molecule has 1 rings (SSSR count). The summed E-state index contributed by atoms with van der Waals surface area (Å²) in [5, 5.41) is 3.70. The molecule has 0 aliphatic carbocycles. The molecule has 0 aromatic heterocycles. The van der Waals surface area contributed by atoms with E-state index in [1.165, 1.54) is 7.11 Å². The van der Waals surface area contributed by atoms with Crippen molar-refractivity contribution >= 4 is 41.0 Å². The van der Waals surface area contributed by atoms with Gasteiger partial charge in [-0.25, -0.2) is 4.79 Å². The Labute approximate surface area is 154 Å². The van der Waals surface area contributed by atoms with Crippen molar-refractivity contribution in [3.05, 3.63) is 0 Å². The highest BCUT2D eigenvalue weighted by molar-refractivity contribution is 7.98. The van der Waals surface area contributed by atoms with Crippen LogP contribution in [0, 0.1) is 0 Å². The Hall–Kier alpha value is -1.06. The van der Waals surface area contributed by atoms with Crippen LogP contribution in [0.5, 0.6) is 0 Å². The van der Waals surface area contributed by atoms with E-state index < -0.39 is 6.04 Å². The van der Waals surface area contributed by atoms with Crippen molar-refractivity contribution in [2.45, 2.75) is 12.5 Å². The Morgan fingerprint density at radius 3 is 2.42 bits per heavy atom. The number of thioether (sulfide) groups is 1. The van der Waals surface area contributed by atoms with Crippen molar-refractivity contribution in [1.29, 1.82) is 0 Å². The summed E-state index contributed by atoms with van der Waals surface area (Å²) in [4.78, 5) is 29.4. The first-order valence-corrected chi connectivity index (χ1v) is 9.74. The summed E-state index contributed by atoms with van der Waals surface area (Å²) in [5.74, 6) is 0.670. The van der Waals surface area contributed by atoms with E-state index in [2.05, 4.69) is 10.2 Å². The van der Waals surface area contributed by atoms with Gasteiger partial charge in [0.1, 0.15) is 6.04 Å². The minimum Gasteiger partial charge on any atom is -0.467 e. The average Bonchev–Trinajstić information content (AvgIpc) is 2.58. The second-order valence-electron chi connectivity index (χ2n) is 5.86. The van der Waals surface area contributed by atoms with Crippen molar-refractivity contribution in [1.82, 2.24) is 20.0 Å². The predicted octanol–water partition coefficient (Wildman–Crippen LogP) is -0.139. The van der Waals surface area contributed by atoms with Gasteiger partial charge in [-0.15, -0.1) is 0 Å². The van der Waals surface area contributed by atoms with Gasteiger partial charge in [-0.1, -0.05) is 0 Å². The number of nitrogens with zero attached hydrogens (tertiary/aromatic N) is 3. The largest absolute Gasteiger partial charge is 0.467 e. The zero-order valence-electron chi connectivity index (χ0n) is 14.9. The standard InChI is InChI=1S/C15H28N4O3S2/c1-17(2)13(20)11-18-6-8-19(9-7-18)15(23)16-12(5-10-24-4)14(21)22-3/h12H,5-11H2,1-4H3,(H,16,23)/t12-/m0/s1. The van der Waals surface area contributed by atoms with Gasteiger partial charge in [0, 0.05) is 40.3 Å². The topological polar surface area (TPSA) is 65.1 Å². The fourth-order valence-corrected chi connectivity index (χ4v) is 3.11.